The molecule has 0 radical (unpaired) electrons. The first-order valence-electron chi connectivity index (χ1n) is 11.4. The summed E-state index contributed by atoms with van der Waals surface area (Å²) in [5.41, 5.74) is 4.36. The van der Waals surface area contributed by atoms with E-state index in [1.54, 1.807) is 27.7 Å². The quantitative estimate of drug-likeness (QED) is 0.499. The predicted octanol–water partition coefficient (Wildman–Crippen LogP) is 4.28. The minimum Gasteiger partial charge on any atom is -0.378 e. The van der Waals surface area contributed by atoms with Gasteiger partial charge in [-0.3, -0.25) is 9.36 Å². The van der Waals surface area contributed by atoms with Gasteiger partial charge in [-0.05, 0) is 41.8 Å². The van der Waals surface area contributed by atoms with Crippen LogP contribution in [0.3, 0.4) is 0 Å². The maximum atomic E-state index is 13.4. The van der Waals surface area contributed by atoms with Gasteiger partial charge in [0.1, 0.15) is 5.82 Å². The molecule has 4 aromatic rings. The van der Waals surface area contributed by atoms with Gasteiger partial charge in [0.15, 0.2) is 0 Å². The summed E-state index contributed by atoms with van der Waals surface area (Å²) in [6, 6.07) is 23.5. The molecule has 0 unspecified atom stereocenters. The summed E-state index contributed by atoms with van der Waals surface area (Å²) in [5, 5.41) is 3.37. The van der Waals surface area contributed by atoms with Crippen LogP contribution in [0, 0.1) is 6.92 Å². The number of urea groups is 1. The van der Waals surface area contributed by atoms with E-state index in [9.17, 15) is 9.59 Å². The van der Waals surface area contributed by atoms with Crippen LogP contribution in [0.5, 0.6) is 0 Å². The average molecular weight is 455 g/mol. The topological polar surface area (TPSA) is 76.5 Å². The number of carbonyl (C=O) groups is 1. The van der Waals surface area contributed by atoms with Crippen molar-refractivity contribution < 1.29 is 9.53 Å². The fourth-order valence-corrected chi connectivity index (χ4v) is 4.18. The zero-order chi connectivity index (χ0) is 23.5. The molecule has 1 aliphatic rings. The third-order valence-corrected chi connectivity index (χ3v) is 6.10. The monoisotopic (exact) mass is 454 g/mol. The van der Waals surface area contributed by atoms with E-state index in [1.807, 2.05) is 37.3 Å². The highest BCUT2D eigenvalue weighted by atomic mass is 16.5. The lowest BCUT2D eigenvalue weighted by Gasteiger charge is -2.26. The predicted molar refractivity (Wildman–Crippen MR) is 133 cm³/mol. The molecule has 7 nitrogen and oxygen atoms in total. The number of anilines is 1. The van der Waals surface area contributed by atoms with Gasteiger partial charge in [0.05, 0.1) is 30.7 Å². The van der Waals surface area contributed by atoms with Crippen LogP contribution in [0.1, 0.15) is 11.4 Å². The molecular formula is C27H26N4O3. The van der Waals surface area contributed by atoms with Crippen LogP contribution in [-0.4, -0.2) is 46.8 Å². The number of nitrogens with one attached hydrogen (secondary N) is 1. The minimum absolute atomic E-state index is 0.128. The molecule has 1 N–H and O–H groups in total. The van der Waals surface area contributed by atoms with Crippen molar-refractivity contribution in [3.63, 3.8) is 0 Å². The Morgan fingerprint density at radius 3 is 2.41 bits per heavy atom. The number of aromatic nitrogens is 2. The Kier molecular flexibility index (Phi) is 6.10. The number of aryl methyl sites for hydroxylation is 1. The van der Waals surface area contributed by atoms with Crippen LogP contribution in [0.25, 0.3) is 22.0 Å². The molecule has 1 aromatic heterocycles. The number of benzene rings is 3. The maximum absolute atomic E-state index is 13.4. The fourth-order valence-electron chi connectivity index (χ4n) is 4.18. The zero-order valence-corrected chi connectivity index (χ0v) is 19.0. The summed E-state index contributed by atoms with van der Waals surface area (Å²) in [6.45, 7) is 4.43. The number of hydrogen-bond acceptors (Lipinski definition) is 4. The van der Waals surface area contributed by atoms with Gasteiger partial charge in [-0.1, -0.05) is 54.6 Å². The van der Waals surface area contributed by atoms with Gasteiger partial charge in [0, 0.05) is 18.8 Å². The molecule has 0 spiro atoms. The molecular weight excluding hydrogens is 428 g/mol. The van der Waals surface area contributed by atoms with Crippen molar-refractivity contribution >= 4 is 22.6 Å². The first kappa shape index (κ1) is 21.9. The first-order chi connectivity index (χ1) is 16.6. The smallest absolute Gasteiger partial charge is 0.321 e. The van der Waals surface area contributed by atoms with E-state index < -0.39 is 0 Å². The van der Waals surface area contributed by atoms with Crippen molar-refractivity contribution in [3.8, 4) is 11.1 Å². The molecule has 34 heavy (non-hydrogen) atoms. The summed E-state index contributed by atoms with van der Waals surface area (Å²) in [7, 11) is 0. The third-order valence-electron chi connectivity index (χ3n) is 6.10. The Bertz CT molecular complexity index is 1380. The Balaban J connectivity index is 1.40. The highest BCUT2D eigenvalue weighted by molar-refractivity contribution is 5.92. The van der Waals surface area contributed by atoms with Crippen molar-refractivity contribution in [1.29, 1.82) is 0 Å². The lowest BCUT2D eigenvalue weighted by molar-refractivity contribution is 0.0564. The highest BCUT2D eigenvalue weighted by Gasteiger charge is 2.17. The molecule has 2 amide bonds. The van der Waals surface area contributed by atoms with Crippen LogP contribution in [0.2, 0.25) is 0 Å². The summed E-state index contributed by atoms with van der Waals surface area (Å²) in [6.07, 6.45) is 0. The molecule has 1 fully saturated rings. The Hall–Kier alpha value is -3.97. The molecule has 5 rings (SSSR count). The molecule has 172 valence electrons. The van der Waals surface area contributed by atoms with E-state index in [0.717, 1.165) is 16.7 Å². The van der Waals surface area contributed by atoms with Crippen molar-refractivity contribution in [2.24, 2.45) is 0 Å². The van der Waals surface area contributed by atoms with Gasteiger partial charge in [-0.2, -0.15) is 0 Å². The summed E-state index contributed by atoms with van der Waals surface area (Å²) in [4.78, 5) is 32.2. The highest BCUT2D eigenvalue weighted by Crippen LogP contribution is 2.20. The van der Waals surface area contributed by atoms with E-state index in [1.165, 1.54) is 0 Å². The molecule has 3 aromatic carbocycles. The maximum Gasteiger partial charge on any atom is 0.321 e. The number of ether oxygens (including phenoxy) is 1. The molecule has 1 saturated heterocycles. The molecule has 0 bridgehead atoms. The third kappa shape index (κ3) is 4.56. The van der Waals surface area contributed by atoms with E-state index in [4.69, 9.17) is 4.74 Å². The number of rotatable bonds is 4. The first-order valence-corrected chi connectivity index (χ1v) is 11.4. The van der Waals surface area contributed by atoms with Gasteiger partial charge in [-0.25, -0.2) is 9.78 Å². The standard InChI is InChI=1S/C27H26N4O3/c1-19-28-25-12-11-23(29-27(33)30-13-15-34-16-14-30)17-24(25)26(32)31(19)18-20-7-9-22(10-8-20)21-5-3-2-4-6-21/h2-12,17H,13-16,18H2,1H3,(H,29,33). The van der Waals surface area contributed by atoms with E-state index >= 15 is 0 Å². The van der Waals surface area contributed by atoms with Gasteiger partial charge >= 0.3 is 6.03 Å². The summed E-state index contributed by atoms with van der Waals surface area (Å²) < 4.78 is 6.98. The van der Waals surface area contributed by atoms with Crippen LogP contribution < -0.4 is 10.9 Å². The van der Waals surface area contributed by atoms with E-state index in [2.05, 4.69) is 34.6 Å². The molecule has 2 heterocycles. The number of morpholine rings is 1. The number of nitrogens with zero attached hydrogens (tertiary/aromatic N) is 3. The number of amides is 2. The normalized spacial score (nSPS) is 13.7. The van der Waals surface area contributed by atoms with Crippen LogP contribution >= 0.6 is 0 Å². The van der Waals surface area contributed by atoms with Crippen molar-refractivity contribution in [2.45, 2.75) is 13.5 Å². The van der Waals surface area contributed by atoms with Gasteiger partial charge in [-0.15, -0.1) is 0 Å². The second-order valence-electron chi connectivity index (χ2n) is 8.37. The van der Waals surface area contributed by atoms with E-state index in [-0.39, 0.29) is 11.6 Å². The fraction of sp³-hybridized carbons (Fsp3) is 0.222. The lowest BCUT2D eigenvalue weighted by atomic mass is 10.0. The van der Waals surface area contributed by atoms with Gasteiger partial charge < -0.3 is 15.0 Å². The molecule has 0 atom stereocenters. The van der Waals surface area contributed by atoms with Gasteiger partial charge in [0.2, 0.25) is 0 Å². The van der Waals surface area contributed by atoms with Crippen LogP contribution in [-0.2, 0) is 11.3 Å². The van der Waals surface area contributed by atoms with Crippen molar-refractivity contribution in [2.75, 3.05) is 31.6 Å². The zero-order valence-electron chi connectivity index (χ0n) is 19.0. The Labute approximate surface area is 197 Å². The number of fused-ring (bicyclic) bond motifs is 1. The minimum atomic E-state index is -0.193. The van der Waals surface area contributed by atoms with Gasteiger partial charge in [0.25, 0.3) is 5.56 Å². The Morgan fingerprint density at radius 2 is 1.68 bits per heavy atom. The van der Waals surface area contributed by atoms with Crippen LogP contribution in [0.4, 0.5) is 10.5 Å². The number of carbonyl (C=O) groups excluding carboxylic acids is 1. The van der Waals surface area contributed by atoms with Crippen molar-refractivity contribution in [1.82, 2.24) is 14.5 Å². The second-order valence-corrected chi connectivity index (χ2v) is 8.37. The summed E-state index contributed by atoms with van der Waals surface area (Å²) >= 11 is 0. The average Bonchev–Trinajstić information content (AvgIpc) is 2.88. The largest absolute Gasteiger partial charge is 0.378 e. The summed E-state index contributed by atoms with van der Waals surface area (Å²) in [5.74, 6) is 0.648. The Morgan fingerprint density at radius 1 is 0.971 bits per heavy atom. The van der Waals surface area contributed by atoms with E-state index in [0.29, 0.717) is 55.3 Å². The SMILES string of the molecule is Cc1nc2ccc(NC(=O)N3CCOCC3)cc2c(=O)n1Cc1ccc(-c2ccccc2)cc1. The van der Waals surface area contributed by atoms with Crippen LogP contribution in [0.15, 0.2) is 77.6 Å². The molecule has 7 heteroatoms. The van der Waals surface area contributed by atoms with Crippen molar-refractivity contribution in [3.05, 3.63) is 94.5 Å². The lowest BCUT2D eigenvalue weighted by Crippen LogP contribution is -2.43. The molecule has 0 saturated carbocycles. The number of hydrogen-bond donors (Lipinski definition) is 1. The second kappa shape index (κ2) is 9.49. The molecule has 1 aliphatic heterocycles. The molecule has 0 aliphatic carbocycles.